The van der Waals surface area contributed by atoms with Crippen LogP contribution in [0.15, 0.2) is 11.0 Å². The van der Waals surface area contributed by atoms with Crippen LogP contribution in [0.25, 0.3) is 4.96 Å². The number of amides is 1. The molecule has 1 amide bonds. The first-order chi connectivity index (χ1) is 8.95. The fourth-order valence-electron chi connectivity index (χ4n) is 1.74. The lowest BCUT2D eigenvalue weighted by Gasteiger charge is -2.10. The van der Waals surface area contributed by atoms with E-state index in [0.29, 0.717) is 4.96 Å². The van der Waals surface area contributed by atoms with Gasteiger partial charge < -0.3 is 5.32 Å². The molecule has 1 unspecified atom stereocenters. The monoisotopic (exact) mass is 279 g/mol. The fourth-order valence-corrected chi connectivity index (χ4v) is 2.66. The summed E-state index contributed by atoms with van der Waals surface area (Å²) in [7, 11) is 0. The zero-order valence-corrected chi connectivity index (χ0v) is 12.3. The molecule has 2 heterocycles. The highest BCUT2D eigenvalue weighted by atomic mass is 32.1. The number of aromatic nitrogens is 2. The fraction of sp³-hybridized carbons (Fsp3) is 0.462. The van der Waals surface area contributed by atoms with Crippen molar-refractivity contribution in [1.82, 2.24) is 14.7 Å². The molecule has 2 aromatic heterocycles. The standard InChI is InChI=1S/C13H17N3O2S/c1-5-7(2)15-11(17)10-6-14-13-16(12(10)18)8(3)9(4)19-13/h6-7H,5H2,1-4H3,(H,15,17). The van der Waals surface area contributed by atoms with Crippen LogP contribution in [0.1, 0.15) is 41.2 Å². The quantitative estimate of drug-likeness (QED) is 0.933. The Morgan fingerprint density at radius 3 is 2.84 bits per heavy atom. The summed E-state index contributed by atoms with van der Waals surface area (Å²) in [6.07, 6.45) is 2.18. The van der Waals surface area contributed by atoms with Gasteiger partial charge in [0.1, 0.15) is 5.56 Å². The van der Waals surface area contributed by atoms with Gasteiger partial charge in [-0.15, -0.1) is 11.3 Å². The van der Waals surface area contributed by atoms with Crippen molar-refractivity contribution in [3.05, 3.63) is 32.7 Å². The number of carbonyl (C=O) groups is 1. The Balaban J connectivity index is 2.51. The normalized spacial score (nSPS) is 12.6. The van der Waals surface area contributed by atoms with Crippen molar-refractivity contribution < 1.29 is 4.79 Å². The van der Waals surface area contributed by atoms with Gasteiger partial charge in [-0.05, 0) is 27.2 Å². The molecule has 102 valence electrons. The van der Waals surface area contributed by atoms with E-state index in [0.717, 1.165) is 17.0 Å². The molecule has 0 saturated heterocycles. The molecule has 0 aliphatic heterocycles. The third kappa shape index (κ3) is 2.40. The summed E-state index contributed by atoms with van der Waals surface area (Å²) in [6, 6.07) is 0.0397. The lowest BCUT2D eigenvalue weighted by molar-refractivity contribution is 0.0937. The van der Waals surface area contributed by atoms with Gasteiger partial charge in [0.15, 0.2) is 4.96 Å². The number of rotatable bonds is 3. The minimum Gasteiger partial charge on any atom is -0.349 e. The molecule has 5 nitrogen and oxygen atoms in total. The van der Waals surface area contributed by atoms with E-state index < -0.39 is 0 Å². The van der Waals surface area contributed by atoms with E-state index in [1.54, 1.807) is 0 Å². The molecule has 0 aliphatic rings. The van der Waals surface area contributed by atoms with E-state index >= 15 is 0 Å². The second kappa shape index (κ2) is 5.13. The van der Waals surface area contributed by atoms with Crippen LogP contribution in [0, 0.1) is 13.8 Å². The second-order valence-corrected chi connectivity index (χ2v) is 5.80. The van der Waals surface area contributed by atoms with Crippen molar-refractivity contribution in [2.24, 2.45) is 0 Å². The SMILES string of the molecule is CCC(C)NC(=O)c1cnc2sc(C)c(C)n2c1=O. The Kier molecular flexibility index (Phi) is 3.71. The maximum atomic E-state index is 12.3. The number of hydrogen-bond acceptors (Lipinski definition) is 4. The molecule has 6 heteroatoms. The predicted octanol–water partition coefficient (Wildman–Crippen LogP) is 1.90. The average molecular weight is 279 g/mol. The highest BCUT2D eigenvalue weighted by molar-refractivity contribution is 7.17. The molecule has 0 fully saturated rings. The van der Waals surface area contributed by atoms with Crippen LogP contribution in [0.3, 0.4) is 0 Å². The third-order valence-corrected chi connectivity index (χ3v) is 4.32. The zero-order valence-electron chi connectivity index (χ0n) is 11.5. The Bertz CT molecular complexity index is 687. The number of aryl methyl sites for hydroxylation is 2. The number of fused-ring (bicyclic) bond motifs is 1. The summed E-state index contributed by atoms with van der Waals surface area (Å²) in [5.74, 6) is -0.357. The van der Waals surface area contributed by atoms with Crippen LogP contribution in [0.5, 0.6) is 0 Å². The first kappa shape index (κ1) is 13.7. The summed E-state index contributed by atoms with van der Waals surface area (Å²) in [4.78, 5) is 30.2. The van der Waals surface area contributed by atoms with Crippen molar-refractivity contribution in [1.29, 1.82) is 0 Å². The average Bonchev–Trinajstić information content (AvgIpc) is 2.66. The summed E-state index contributed by atoms with van der Waals surface area (Å²) in [6.45, 7) is 7.68. The van der Waals surface area contributed by atoms with E-state index in [2.05, 4.69) is 10.3 Å². The molecule has 1 N–H and O–H groups in total. The molecule has 19 heavy (non-hydrogen) atoms. The first-order valence-corrected chi connectivity index (χ1v) is 7.06. The van der Waals surface area contributed by atoms with Gasteiger partial charge in [-0.1, -0.05) is 6.92 Å². The maximum absolute atomic E-state index is 12.3. The molecule has 0 aliphatic carbocycles. The van der Waals surface area contributed by atoms with Gasteiger partial charge in [-0.25, -0.2) is 4.98 Å². The van der Waals surface area contributed by atoms with Gasteiger partial charge in [0, 0.05) is 22.8 Å². The van der Waals surface area contributed by atoms with E-state index in [1.165, 1.54) is 21.9 Å². The molecular weight excluding hydrogens is 262 g/mol. The Labute approximate surface area is 115 Å². The minimum absolute atomic E-state index is 0.0397. The van der Waals surface area contributed by atoms with Gasteiger partial charge in [0.05, 0.1) is 0 Å². The van der Waals surface area contributed by atoms with Crippen LogP contribution >= 0.6 is 11.3 Å². The summed E-state index contributed by atoms with van der Waals surface area (Å²) < 4.78 is 1.51. The predicted molar refractivity (Wildman–Crippen MR) is 76.0 cm³/mol. The highest BCUT2D eigenvalue weighted by Gasteiger charge is 2.17. The molecule has 2 aromatic rings. The Morgan fingerprint density at radius 2 is 2.21 bits per heavy atom. The highest BCUT2D eigenvalue weighted by Crippen LogP contribution is 2.18. The van der Waals surface area contributed by atoms with Gasteiger partial charge >= 0.3 is 0 Å². The van der Waals surface area contributed by atoms with Crippen LogP contribution in [-0.4, -0.2) is 21.3 Å². The van der Waals surface area contributed by atoms with E-state index in [9.17, 15) is 9.59 Å². The number of nitrogens with one attached hydrogen (secondary N) is 1. The smallest absolute Gasteiger partial charge is 0.271 e. The van der Waals surface area contributed by atoms with Crippen molar-refractivity contribution in [2.45, 2.75) is 40.2 Å². The van der Waals surface area contributed by atoms with Crippen molar-refractivity contribution in [3.8, 4) is 0 Å². The van der Waals surface area contributed by atoms with Crippen molar-refractivity contribution >= 4 is 22.2 Å². The summed E-state index contributed by atoms with van der Waals surface area (Å²) in [5, 5.41) is 2.79. The molecule has 0 aromatic carbocycles. The molecule has 0 spiro atoms. The lowest BCUT2D eigenvalue weighted by atomic mass is 10.2. The Morgan fingerprint density at radius 1 is 1.53 bits per heavy atom. The van der Waals surface area contributed by atoms with Crippen LogP contribution in [0.2, 0.25) is 0 Å². The van der Waals surface area contributed by atoms with Crippen molar-refractivity contribution in [3.63, 3.8) is 0 Å². The molecule has 0 radical (unpaired) electrons. The van der Waals surface area contributed by atoms with E-state index in [4.69, 9.17) is 0 Å². The zero-order chi connectivity index (χ0) is 14.2. The van der Waals surface area contributed by atoms with Gasteiger partial charge in [-0.2, -0.15) is 0 Å². The maximum Gasteiger partial charge on any atom is 0.271 e. The minimum atomic E-state index is -0.357. The largest absolute Gasteiger partial charge is 0.349 e. The summed E-state index contributed by atoms with van der Waals surface area (Å²) in [5.41, 5.74) is 0.641. The molecule has 1 atom stereocenters. The number of carbonyl (C=O) groups excluding carboxylic acids is 1. The van der Waals surface area contributed by atoms with Crippen LogP contribution in [0.4, 0.5) is 0 Å². The van der Waals surface area contributed by atoms with Crippen LogP contribution < -0.4 is 10.9 Å². The third-order valence-electron chi connectivity index (χ3n) is 3.25. The Hall–Kier alpha value is -1.69. The first-order valence-electron chi connectivity index (χ1n) is 6.24. The van der Waals surface area contributed by atoms with Crippen molar-refractivity contribution in [2.75, 3.05) is 0 Å². The van der Waals surface area contributed by atoms with Gasteiger partial charge in [-0.3, -0.25) is 14.0 Å². The van der Waals surface area contributed by atoms with E-state index in [-0.39, 0.29) is 23.1 Å². The molecule has 0 bridgehead atoms. The van der Waals surface area contributed by atoms with Gasteiger partial charge in [0.2, 0.25) is 0 Å². The molecule has 0 saturated carbocycles. The number of nitrogens with zero attached hydrogens (tertiary/aromatic N) is 2. The topological polar surface area (TPSA) is 63.5 Å². The molecule has 2 rings (SSSR count). The lowest BCUT2D eigenvalue weighted by Crippen LogP contribution is -2.36. The molecular formula is C13H17N3O2S. The van der Waals surface area contributed by atoms with Crippen LogP contribution in [-0.2, 0) is 0 Å². The number of thiazole rings is 1. The van der Waals surface area contributed by atoms with Gasteiger partial charge in [0.25, 0.3) is 11.5 Å². The second-order valence-electron chi connectivity index (χ2n) is 4.62. The van der Waals surface area contributed by atoms with E-state index in [1.807, 2.05) is 27.7 Å². The number of hydrogen-bond donors (Lipinski definition) is 1. The summed E-state index contributed by atoms with van der Waals surface area (Å²) >= 11 is 1.45.